The molecule has 5 nitrogen and oxygen atoms in total. The summed E-state index contributed by atoms with van der Waals surface area (Å²) in [7, 11) is 0. The van der Waals surface area contributed by atoms with Crippen molar-refractivity contribution in [3.8, 4) is 11.3 Å². The average Bonchev–Trinajstić information content (AvgIpc) is 3.18. The van der Waals surface area contributed by atoms with Crippen LogP contribution in [0.2, 0.25) is 0 Å². The predicted octanol–water partition coefficient (Wildman–Crippen LogP) is 6.30. The quantitative estimate of drug-likeness (QED) is 0.307. The maximum atomic E-state index is 13.1. The molecule has 2 heterocycles. The first-order valence-electron chi connectivity index (χ1n) is 10.5. The van der Waals surface area contributed by atoms with Crippen molar-refractivity contribution >= 4 is 38.3 Å². The first kappa shape index (κ1) is 23.0. The minimum atomic E-state index is -1.27. The fourth-order valence-electron chi connectivity index (χ4n) is 3.59. The molecule has 32 heavy (non-hydrogen) atoms. The Hall–Kier alpha value is -2.19. The Morgan fingerprint density at radius 3 is 2.59 bits per heavy atom. The summed E-state index contributed by atoms with van der Waals surface area (Å²) in [5.74, 6) is 0. The van der Waals surface area contributed by atoms with Crippen LogP contribution in [0.5, 0.6) is 0 Å². The van der Waals surface area contributed by atoms with Gasteiger partial charge in [0.25, 0.3) is 0 Å². The summed E-state index contributed by atoms with van der Waals surface area (Å²) in [6.45, 7) is 7.94. The second kappa shape index (κ2) is 9.35. The van der Waals surface area contributed by atoms with Gasteiger partial charge in [-0.2, -0.15) is 0 Å². The fourth-order valence-corrected chi connectivity index (χ4v) is 4.86. The number of aromatic nitrogens is 2. The van der Waals surface area contributed by atoms with Gasteiger partial charge in [0.15, 0.2) is 5.58 Å². The molecule has 2 aromatic carbocycles. The second-order valence-electron chi connectivity index (χ2n) is 8.79. The van der Waals surface area contributed by atoms with Crippen molar-refractivity contribution in [2.45, 2.75) is 44.9 Å². The molecule has 2 atom stereocenters. The number of para-hydroxylation sites is 1. The Balaban J connectivity index is 1.81. The number of nitrogens with zero attached hydrogens (tertiary/aromatic N) is 2. The van der Waals surface area contributed by atoms with E-state index in [4.69, 9.17) is 4.52 Å². The summed E-state index contributed by atoms with van der Waals surface area (Å²) >= 11 is 2.22. The van der Waals surface area contributed by atoms with Crippen LogP contribution in [0.25, 0.3) is 22.2 Å². The molecule has 0 aliphatic rings. The van der Waals surface area contributed by atoms with E-state index < -0.39 is 16.1 Å². The number of pyridine rings is 1. The molecule has 0 saturated carbocycles. The molecule has 166 valence electrons. The topological polar surface area (TPSA) is 74.0 Å². The Bertz CT molecular complexity index is 1240. The highest BCUT2D eigenvalue weighted by molar-refractivity contribution is 9.10. The Morgan fingerprint density at radius 2 is 1.84 bits per heavy atom. The first-order valence-corrected chi connectivity index (χ1v) is 12.4. The zero-order valence-electron chi connectivity index (χ0n) is 18.6. The largest absolute Gasteiger partial charge is 0.598 e. The van der Waals surface area contributed by atoms with Gasteiger partial charge in [0, 0.05) is 45.1 Å². The molecule has 0 saturated heterocycles. The van der Waals surface area contributed by atoms with Gasteiger partial charge in [-0.05, 0) is 73.0 Å². The van der Waals surface area contributed by atoms with Crippen LogP contribution in [-0.4, -0.2) is 19.4 Å². The van der Waals surface area contributed by atoms with Crippen molar-refractivity contribution in [1.29, 1.82) is 0 Å². The Kier molecular flexibility index (Phi) is 6.72. The summed E-state index contributed by atoms with van der Waals surface area (Å²) in [4.78, 5) is 4.63. The van der Waals surface area contributed by atoms with E-state index in [1.54, 1.807) is 6.20 Å². The van der Waals surface area contributed by atoms with Crippen molar-refractivity contribution in [1.82, 2.24) is 14.9 Å². The third kappa shape index (κ3) is 4.91. The number of aryl methyl sites for hydroxylation is 1. The first-order chi connectivity index (χ1) is 15.2. The summed E-state index contributed by atoms with van der Waals surface area (Å²) in [6, 6.07) is 17.7. The van der Waals surface area contributed by atoms with Crippen LogP contribution in [-0.2, 0) is 17.8 Å². The third-order valence-corrected chi connectivity index (χ3v) is 7.37. The van der Waals surface area contributed by atoms with Gasteiger partial charge in [-0.3, -0.25) is 4.98 Å². The predicted molar refractivity (Wildman–Crippen MR) is 134 cm³/mol. The van der Waals surface area contributed by atoms with Crippen LogP contribution in [0.3, 0.4) is 0 Å². The molecule has 1 N–H and O–H groups in total. The number of halogens is 1. The molecule has 4 aromatic rings. The zero-order chi connectivity index (χ0) is 22.9. The van der Waals surface area contributed by atoms with Crippen LogP contribution < -0.4 is 4.72 Å². The summed E-state index contributed by atoms with van der Waals surface area (Å²) in [5, 5.41) is 5.32. The molecule has 0 bridgehead atoms. The molecule has 7 heteroatoms. The molecule has 0 aliphatic carbocycles. The highest BCUT2D eigenvalue weighted by Crippen LogP contribution is 2.35. The van der Waals surface area contributed by atoms with Crippen LogP contribution in [0.4, 0.5) is 0 Å². The fraction of sp³-hybridized carbons (Fsp3) is 0.280. The highest BCUT2D eigenvalue weighted by Gasteiger charge is 2.32. The summed E-state index contributed by atoms with van der Waals surface area (Å²) in [5.41, 5.74) is 5.52. The van der Waals surface area contributed by atoms with Crippen molar-refractivity contribution in [2.75, 3.05) is 0 Å². The highest BCUT2D eigenvalue weighted by atomic mass is 79.9. The lowest BCUT2D eigenvalue weighted by molar-refractivity contribution is 0.459. The molecular weight excluding hydrogens is 486 g/mol. The molecule has 2 unspecified atom stereocenters. The lowest BCUT2D eigenvalue weighted by Gasteiger charge is -2.29. The van der Waals surface area contributed by atoms with E-state index in [9.17, 15) is 4.55 Å². The molecule has 2 aromatic heterocycles. The number of rotatable bonds is 6. The van der Waals surface area contributed by atoms with Gasteiger partial charge in [0.2, 0.25) is 0 Å². The normalized spacial score (nSPS) is 13.9. The number of nitrogens with one attached hydrogen (secondary N) is 1. The number of fused-ring (bicyclic) bond motifs is 1. The van der Waals surface area contributed by atoms with E-state index in [0.29, 0.717) is 6.42 Å². The number of hydrogen-bond acceptors (Lipinski definition) is 5. The molecule has 0 spiro atoms. The van der Waals surface area contributed by atoms with Crippen molar-refractivity contribution in [3.63, 3.8) is 0 Å². The Morgan fingerprint density at radius 1 is 1.12 bits per heavy atom. The van der Waals surface area contributed by atoms with Gasteiger partial charge in [-0.1, -0.05) is 41.6 Å². The lowest BCUT2D eigenvalue weighted by Crippen LogP contribution is -2.42. The van der Waals surface area contributed by atoms with Gasteiger partial charge in [0.05, 0.1) is 6.04 Å². The van der Waals surface area contributed by atoms with Crippen molar-refractivity contribution in [3.05, 3.63) is 82.1 Å². The van der Waals surface area contributed by atoms with Gasteiger partial charge < -0.3 is 9.08 Å². The van der Waals surface area contributed by atoms with Gasteiger partial charge in [-0.15, -0.1) is 4.72 Å². The van der Waals surface area contributed by atoms with Crippen LogP contribution >= 0.6 is 15.9 Å². The van der Waals surface area contributed by atoms with E-state index in [1.165, 1.54) is 0 Å². The maximum Gasteiger partial charge on any atom is 0.167 e. The lowest BCUT2D eigenvalue weighted by atomic mass is 9.93. The molecule has 0 aliphatic heterocycles. The molecule has 0 fully saturated rings. The minimum absolute atomic E-state index is 0.228. The van der Waals surface area contributed by atoms with E-state index in [1.807, 2.05) is 70.2 Å². The van der Waals surface area contributed by atoms with E-state index in [-0.39, 0.29) is 6.04 Å². The van der Waals surface area contributed by atoms with E-state index in [2.05, 4.69) is 42.9 Å². The third-order valence-electron chi connectivity index (χ3n) is 5.33. The standard InChI is InChI=1S/C25H26BrN3O2S/c1-16-13-17(26)15-27-21(16)14-22(29-32(30)25(2,3)4)18-9-5-6-10-19(18)24-20-11-7-8-12-23(20)31-28-24/h5-13,15,22,29H,14H2,1-4H3. The smallest absolute Gasteiger partial charge is 0.167 e. The van der Waals surface area contributed by atoms with Gasteiger partial charge >= 0.3 is 0 Å². The summed E-state index contributed by atoms with van der Waals surface area (Å²) < 4.78 is 22.6. The molecule has 4 rings (SSSR count). The van der Waals surface area contributed by atoms with Gasteiger partial charge in [-0.25, -0.2) is 0 Å². The van der Waals surface area contributed by atoms with Crippen LogP contribution in [0.1, 0.15) is 43.6 Å². The van der Waals surface area contributed by atoms with Crippen LogP contribution in [0, 0.1) is 6.92 Å². The van der Waals surface area contributed by atoms with Crippen LogP contribution in [0.15, 0.2) is 69.8 Å². The SMILES string of the molecule is Cc1cc(Br)cnc1CC(N[S+]([O-])C(C)(C)C)c1ccccc1-c1noc2ccccc12. The second-order valence-corrected chi connectivity index (χ2v) is 11.7. The van der Waals surface area contributed by atoms with E-state index in [0.717, 1.165) is 43.5 Å². The summed E-state index contributed by atoms with van der Waals surface area (Å²) in [6.07, 6.45) is 2.39. The number of hydrogen-bond donors (Lipinski definition) is 1. The monoisotopic (exact) mass is 511 g/mol. The van der Waals surface area contributed by atoms with Crippen molar-refractivity contribution in [2.24, 2.45) is 0 Å². The van der Waals surface area contributed by atoms with Gasteiger partial charge in [0.1, 0.15) is 10.4 Å². The maximum absolute atomic E-state index is 13.1. The molecule has 0 radical (unpaired) electrons. The number of benzene rings is 2. The average molecular weight is 512 g/mol. The van der Waals surface area contributed by atoms with E-state index >= 15 is 0 Å². The zero-order valence-corrected chi connectivity index (χ0v) is 21.0. The Labute approximate surface area is 200 Å². The van der Waals surface area contributed by atoms with Crippen molar-refractivity contribution < 1.29 is 9.08 Å². The molecule has 0 amide bonds. The molecular formula is C25H26BrN3O2S. The minimum Gasteiger partial charge on any atom is -0.598 e.